The number of halogens is 1. The number of nitrogens with zero attached hydrogens (tertiary/aromatic N) is 1. The number of pyridine rings is 1. The first-order valence-electron chi connectivity index (χ1n) is 6.94. The average molecular weight is 331 g/mol. The summed E-state index contributed by atoms with van der Waals surface area (Å²) in [7, 11) is 0. The molecule has 0 saturated carbocycles. The standard InChI is InChI=1S/C17H15ClN2O3/c18-15-3-1-2-13(12-15)4-5-16(21)23-11-10-20-17(22)14-6-8-19-9-7-14/h1-9,12H,10-11H2,(H,20,22)/b5-4+. The molecular weight excluding hydrogens is 316 g/mol. The van der Waals surface area contributed by atoms with Crippen molar-refractivity contribution in [2.45, 2.75) is 0 Å². The van der Waals surface area contributed by atoms with Gasteiger partial charge in [0, 0.05) is 29.1 Å². The van der Waals surface area contributed by atoms with Crippen molar-refractivity contribution >= 4 is 29.6 Å². The molecule has 0 fully saturated rings. The molecule has 0 unspecified atom stereocenters. The number of rotatable bonds is 6. The topological polar surface area (TPSA) is 68.3 Å². The maximum atomic E-state index is 11.7. The lowest BCUT2D eigenvalue weighted by atomic mass is 10.2. The van der Waals surface area contributed by atoms with E-state index in [9.17, 15) is 9.59 Å². The van der Waals surface area contributed by atoms with Crippen molar-refractivity contribution in [3.63, 3.8) is 0 Å². The number of hydrogen-bond acceptors (Lipinski definition) is 4. The minimum Gasteiger partial charge on any atom is -0.461 e. The minimum atomic E-state index is -0.483. The van der Waals surface area contributed by atoms with Gasteiger partial charge in [-0.05, 0) is 35.9 Å². The van der Waals surface area contributed by atoms with Crippen LogP contribution >= 0.6 is 11.6 Å². The van der Waals surface area contributed by atoms with Gasteiger partial charge in [-0.2, -0.15) is 0 Å². The molecule has 1 aromatic carbocycles. The summed E-state index contributed by atoms with van der Waals surface area (Å²) in [5.41, 5.74) is 1.31. The molecule has 0 aliphatic carbocycles. The molecule has 0 saturated heterocycles. The van der Waals surface area contributed by atoms with Gasteiger partial charge in [-0.25, -0.2) is 4.79 Å². The van der Waals surface area contributed by atoms with Crippen LogP contribution in [-0.4, -0.2) is 30.0 Å². The lowest BCUT2D eigenvalue weighted by Gasteiger charge is -2.05. The molecule has 0 spiro atoms. The highest BCUT2D eigenvalue weighted by molar-refractivity contribution is 6.30. The van der Waals surface area contributed by atoms with E-state index >= 15 is 0 Å². The molecule has 118 valence electrons. The summed E-state index contributed by atoms with van der Waals surface area (Å²) in [5.74, 6) is -0.721. The highest BCUT2D eigenvalue weighted by Gasteiger charge is 2.04. The Morgan fingerprint density at radius 1 is 1.22 bits per heavy atom. The number of benzene rings is 1. The predicted octanol–water partition coefficient (Wildman–Crippen LogP) is 2.72. The fourth-order valence-corrected chi connectivity index (χ4v) is 1.94. The van der Waals surface area contributed by atoms with Crippen LogP contribution in [-0.2, 0) is 9.53 Å². The van der Waals surface area contributed by atoms with E-state index in [2.05, 4.69) is 10.3 Å². The maximum absolute atomic E-state index is 11.7. The lowest BCUT2D eigenvalue weighted by Crippen LogP contribution is -2.27. The summed E-state index contributed by atoms with van der Waals surface area (Å²) in [6.45, 7) is 0.327. The number of carbonyl (C=O) groups excluding carboxylic acids is 2. The van der Waals surface area contributed by atoms with E-state index in [1.807, 2.05) is 6.07 Å². The SMILES string of the molecule is O=C(/C=C/c1cccc(Cl)c1)OCCNC(=O)c1ccncc1. The van der Waals surface area contributed by atoms with Crippen molar-refractivity contribution in [2.75, 3.05) is 13.2 Å². The first kappa shape index (κ1) is 16.7. The zero-order valence-corrected chi connectivity index (χ0v) is 13.0. The first-order valence-corrected chi connectivity index (χ1v) is 7.31. The van der Waals surface area contributed by atoms with Gasteiger partial charge >= 0.3 is 5.97 Å². The molecular formula is C17H15ClN2O3. The molecule has 1 N–H and O–H groups in total. The Morgan fingerprint density at radius 2 is 2.00 bits per heavy atom. The molecule has 1 amide bonds. The number of ether oxygens (including phenoxy) is 1. The van der Waals surface area contributed by atoms with Gasteiger partial charge in [0.1, 0.15) is 6.61 Å². The Bertz CT molecular complexity index is 702. The quantitative estimate of drug-likeness (QED) is 0.502. The van der Waals surface area contributed by atoms with Gasteiger partial charge in [-0.1, -0.05) is 23.7 Å². The largest absolute Gasteiger partial charge is 0.461 e. The van der Waals surface area contributed by atoms with E-state index in [0.29, 0.717) is 10.6 Å². The molecule has 0 aliphatic heterocycles. The van der Waals surface area contributed by atoms with Crippen LogP contribution in [0.5, 0.6) is 0 Å². The summed E-state index contributed by atoms with van der Waals surface area (Å²) >= 11 is 5.85. The fraction of sp³-hybridized carbons (Fsp3) is 0.118. The number of esters is 1. The Kier molecular flexibility index (Phi) is 6.32. The molecule has 0 bridgehead atoms. The number of aromatic nitrogens is 1. The summed E-state index contributed by atoms with van der Waals surface area (Å²) in [6.07, 6.45) is 6.01. The maximum Gasteiger partial charge on any atom is 0.330 e. The lowest BCUT2D eigenvalue weighted by molar-refractivity contribution is -0.137. The van der Waals surface area contributed by atoms with Crippen LogP contribution in [0.2, 0.25) is 5.02 Å². The van der Waals surface area contributed by atoms with Crippen LogP contribution in [0.4, 0.5) is 0 Å². The van der Waals surface area contributed by atoms with Crippen molar-refractivity contribution in [1.29, 1.82) is 0 Å². The van der Waals surface area contributed by atoms with E-state index in [1.54, 1.807) is 36.4 Å². The summed E-state index contributed by atoms with van der Waals surface area (Å²) in [6, 6.07) is 10.3. The van der Waals surface area contributed by atoms with E-state index in [-0.39, 0.29) is 19.1 Å². The van der Waals surface area contributed by atoms with Gasteiger partial charge < -0.3 is 10.1 Å². The summed E-state index contributed by atoms with van der Waals surface area (Å²) in [5, 5.41) is 3.25. The van der Waals surface area contributed by atoms with Crippen molar-refractivity contribution in [1.82, 2.24) is 10.3 Å². The molecule has 5 nitrogen and oxygen atoms in total. The van der Waals surface area contributed by atoms with Gasteiger partial charge in [0.2, 0.25) is 0 Å². The van der Waals surface area contributed by atoms with Crippen LogP contribution < -0.4 is 5.32 Å². The van der Waals surface area contributed by atoms with Crippen LogP contribution in [0.3, 0.4) is 0 Å². The second-order valence-electron chi connectivity index (χ2n) is 4.55. The second-order valence-corrected chi connectivity index (χ2v) is 4.98. The van der Waals surface area contributed by atoms with Gasteiger partial charge in [0.25, 0.3) is 5.91 Å². The van der Waals surface area contributed by atoms with E-state index < -0.39 is 5.97 Å². The monoisotopic (exact) mass is 330 g/mol. The first-order chi connectivity index (χ1) is 11.1. The smallest absolute Gasteiger partial charge is 0.330 e. The molecule has 1 aromatic heterocycles. The Labute approximate surface area is 138 Å². The molecule has 1 heterocycles. The molecule has 6 heteroatoms. The van der Waals surface area contributed by atoms with Crippen molar-refractivity contribution in [3.05, 3.63) is 71.0 Å². The Balaban J connectivity index is 1.70. The molecule has 2 rings (SSSR count). The number of nitrogens with one attached hydrogen (secondary N) is 1. The molecule has 0 atom stereocenters. The van der Waals surface area contributed by atoms with Gasteiger partial charge in [-0.15, -0.1) is 0 Å². The highest BCUT2D eigenvalue weighted by atomic mass is 35.5. The van der Waals surface area contributed by atoms with E-state index in [4.69, 9.17) is 16.3 Å². The van der Waals surface area contributed by atoms with Crippen LogP contribution in [0.25, 0.3) is 6.08 Å². The normalized spacial score (nSPS) is 10.5. The number of carbonyl (C=O) groups is 2. The highest BCUT2D eigenvalue weighted by Crippen LogP contribution is 2.11. The third-order valence-corrected chi connectivity index (χ3v) is 3.07. The van der Waals surface area contributed by atoms with Crippen LogP contribution in [0, 0.1) is 0 Å². The summed E-state index contributed by atoms with van der Waals surface area (Å²) < 4.78 is 4.99. The van der Waals surface area contributed by atoms with Gasteiger partial charge in [0.15, 0.2) is 0 Å². The molecule has 0 aliphatic rings. The van der Waals surface area contributed by atoms with Crippen LogP contribution in [0.15, 0.2) is 54.9 Å². The molecule has 2 aromatic rings. The third-order valence-electron chi connectivity index (χ3n) is 2.83. The Hall–Kier alpha value is -2.66. The zero-order valence-electron chi connectivity index (χ0n) is 12.2. The van der Waals surface area contributed by atoms with Crippen molar-refractivity contribution in [3.8, 4) is 0 Å². The molecule has 23 heavy (non-hydrogen) atoms. The Morgan fingerprint density at radius 3 is 2.74 bits per heavy atom. The van der Waals surface area contributed by atoms with E-state index in [1.165, 1.54) is 18.5 Å². The average Bonchev–Trinajstić information content (AvgIpc) is 2.57. The molecule has 0 radical (unpaired) electrons. The third kappa shape index (κ3) is 5.92. The van der Waals surface area contributed by atoms with Gasteiger partial charge in [0.05, 0.1) is 6.54 Å². The number of hydrogen-bond donors (Lipinski definition) is 1. The number of amides is 1. The van der Waals surface area contributed by atoms with E-state index in [0.717, 1.165) is 5.56 Å². The fourth-order valence-electron chi connectivity index (χ4n) is 1.74. The van der Waals surface area contributed by atoms with Crippen molar-refractivity contribution < 1.29 is 14.3 Å². The summed E-state index contributed by atoms with van der Waals surface area (Å²) in [4.78, 5) is 27.1. The zero-order chi connectivity index (χ0) is 16.5. The second kappa shape index (κ2) is 8.70. The van der Waals surface area contributed by atoms with Crippen LogP contribution in [0.1, 0.15) is 15.9 Å². The van der Waals surface area contributed by atoms with Gasteiger partial charge in [-0.3, -0.25) is 9.78 Å². The minimum absolute atomic E-state index is 0.0928. The van der Waals surface area contributed by atoms with Crippen molar-refractivity contribution in [2.24, 2.45) is 0 Å². The predicted molar refractivity (Wildman–Crippen MR) is 88.0 cm³/mol.